The van der Waals surface area contributed by atoms with Crippen LogP contribution in [-0.2, 0) is 21.5 Å². The molecule has 1 saturated heterocycles. The van der Waals surface area contributed by atoms with E-state index in [1.54, 1.807) is 31.5 Å². The summed E-state index contributed by atoms with van der Waals surface area (Å²) in [6.45, 7) is 8.26. The maximum Gasteiger partial charge on any atom is 0.296 e. The van der Waals surface area contributed by atoms with Gasteiger partial charge in [-0.1, -0.05) is 26.8 Å². The number of likely N-dealkylation sites (tertiary alicyclic amines) is 1. The Balaban J connectivity index is 1.89. The molecule has 0 saturated carbocycles. The van der Waals surface area contributed by atoms with Crippen LogP contribution in [0.1, 0.15) is 54.1 Å². The number of carbonyl (C=O) groups is 2. The van der Waals surface area contributed by atoms with E-state index in [-0.39, 0.29) is 23.3 Å². The number of thiophene rings is 1. The highest BCUT2D eigenvalue weighted by molar-refractivity contribution is 7.10. The quantitative estimate of drug-likeness (QED) is 0.304. The third-order valence-corrected chi connectivity index (χ3v) is 7.10. The van der Waals surface area contributed by atoms with Crippen LogP contribution in [0.4, 0.5) is 0 Å². The van der Waals surface area contributed by atoms with E-state index in [1.165, 1.54) is 16.2 Å². The lowest BCUT2D eigenvalue weighted by Crippen LogP contribution is -2.29. The van der Waals surface area contributed by atoms with Gasteiger partial charge in [0.25, 0.3) is 11.7 Å². The molecule has 4 rings (SSSR count). The number of ketones is 1. The minimum atomic E-state index is -0.695. The Labute approximate surface area is 203 Å². The van der Waals surface area contributed by atoms with Crippen LogP contribution in [0.3, 0.4) is 0 Å². The Morgan fingerprint density at radius 3 is 2.53 bits per heavy atom. The van der Waals surface area contributed by atoms with E-state index in [0.29, 0.717) is 17.0 Å². The zero-order valence-corrected chi connectivity index (χ0v) is 20.8. The summed E-state index contributed by atoms with van der Waals surface area (Å²) in [5.41, 5.74) is 2.83. The molecule has 1 aromatic carbocycles. The summed E-state index contributed by atoms with van der Waals surface area (Å²) in [7, 11) is 1.60. The zero-order chi connectivity index (χ0) is 24.6. The SMILES string of the molecule is COc1ccc(/C(O)=C2/C(=O)C(=O)N(Cc3ccccn3)C2c2sccc2C)cc1C(C)(C)C. The van der Waals surface area contributed by atoms with E-state index in [2.05, 4.69) is 25.8 Å². The van der Waals surface area contributed by atoms with Crippen molar-refractivity contribution in [2.45, 2.75) is 45.7 Å². The molecule has 1 aliphatic rings. The van der Waals surface area contributed by atoms with Crippen molar-refractivity contribution in [1.82, 2.24) is 9.88 Å². The molecule has 1 fully saturated rings. The van der Waals surface area contributed by atoms with E-state index in [0.717, 1.165) is 16.0 Å². The van der Waals surface area contributed by atoms with Gasteiger partial charge >= 0.3 is 0 Å². The number of aliphatic hydroxyl groups excluding tert-OH is 1. The van der Waals surface area contributed by atoms with Gasteiger partial charge in [-0.15, -0.1) is 11.3 Å². The number of pyridine rings is 1. The smallest absolute Gasteiger partial charge is 0.296 e. The summed E-state index contributed by atoms with van der Waals surface area (Å²) in [6.07, 6.45) is 1.66. The van der Waals surface area contributed by atoms with Gasteiger partial charge in [-0.3, -0.25) is 14.6 Å². The predicted octanol–water partition coefficient (Wildman–Crippen LogP) is 5.38. The molecule has 176 valence electrons. The summed E-state index contributed by atoms with van der Waals surface area (Å²) in [4.78, 5) is 33.2. The minimum Gasteiger partial charge on any atom is -0.507 e. The van der Waals surface area contributed by atoms with Gasteiger partial charge in [-0.05, 0) is 59.7 Å². The number of aryl methyl sites for hydroxylation is 1. The lowest BCUT2D eigenvalue weighted by atomic mass is 9.84. The van der Waals surface area contributed by atoms with Crippen molar-refractivity contribution in [3.63, 3.8) is 0 Å². The van der Waals surface area contributed by atoms with Crippen molar-refractivity contribution in [3.8, 4) is 5.75 Å². The molecular formula is C27H28N2O4S. The van der Waals surface area contributed by atoms with Crippen LogP contribution in [0.2, 0.25) is 0 Å². The predicted molar refractivity (Wildman–Crippen MR) is 133 cm³/mol. The molecule has 34 heavy (non-hydrogen) atoms. The highest BCUT2D eigenvalue weighted by Crippen LogP contribution is 2.44. The fraction of sp³-hybridized carbons (Fsp3) is 0.296. The molecule has 3 heterocycles. The molecule has 0 spiro atoms. The maximum absolute atomic E-state index is 13.3. The van der Waals surface area contributed by atoms with Gasteiger partial charge in [0.2, 0.25) is 0 Å². The molecule has 1 N–H and O–H groups in total. The topological polar surface area (TPSA) is 79.7 Å². The number of benzene rings is 1. The second kappa shape index (κ2) is 9.06. The number of aliphatic hydroxyl groups is 1. The molecular weight excluding hydrogens is 448 g/mol. The molecule has 1 aliphatic heterocycles. The van der Waals surface area contributed by atoms with E-state index >= 15 is 0 Å². The van der Waals surface area contributed by atoms with Crippen molar-refractivity contribution >= 4 is 28.8 Å². The molecule has 0 bridgehead atoms. The van der Waals surface area contributed by atoms with Gasteiger partial charge in [0.1, 0.15) is 17.6 Å². The van der Waals surface area contributed by atoms with Crippen LogP contribution in [-0.4, -0.2) is 33.8 Å². The van der Waals surface area contributed by atoms with Gasteiger partial charge in [-0.2, -0.15) is 0 Å². The third-order valence-electron chi connectivity index (χ3n) is 6.03. The number of nitrogens with zero attached hydrogens (tertiary/aromatic N) is 2. The Morgan fingerprint density at radius 2 is 1.94 bits per heavy atom. The second-order valence-electron chi connectivity index (χ2n) is 9.38. The number of Topliss-reactive ketones (excluding diaryl/α,β-unsaturated/α-hetero) is 1. The number of aromatic nitrogens is 1. The average molecular weight is 477 g/mol. The highest BCUT2D eigenvalue weighted by atomic mass is 32.1. The van der Waals surface area contributed by atoms with Crippen molar-refractivity contribution in [2.24, 2.45) is 0 Å². The lowest BCUT2D eigenvalue weighted by Gasteiger charge is -2.25. The molecule has 2 aromatic heterocycles. The molecule has 7 heteroatoms. The average Bonchev–Trinajstić information content (AvgIpc) is 3.34. The summed E-state index contributed by atoms with van der Waals surface area (Å²) >= 11 is 1.46. The van der Waals surface area contributed by atoms with Gasteiger partial charge in [0.15, 0.2) is 0 Å². The molecule has 6 nitrogen and oxygen atoms in total. The van der Waals surface area contributed by atoms with Crippen molar-refractivity contribution in [2.75, 3.05) is 7.11 Å². The Bertz CT molecular complexity index is 1270. The van der Waals surface area contributed by atoms with Crippen LogP contribution >= 0.6 is 11.3 Å². The number of hydrogen-bond donors (Lipinski definition) is 1. The summed E-state index contributed by atoms with van der Waals surface area (Å²) in [5.74, 6) is -0.827. The van der Waals surface area contributed by atoms with Gasteiger partial charge in [0, 0.05) is 22.2 Å². The number of hydrogen-bond acceptors (Lipinski definition) is 6. The standard InChI is InChI=1S/C27H28N2O4S/c1-16-11-13-34-25(16)22-21(24(31)26(32)29(22)15-18-8-6-7-12-28-18)23(30)17-9-10-20(33-5)19(14-17)27(2,3)4/h6-14,22,30H,15H2,1-5H3/b23-21-. The second-order valence-corrected chi connectivity index (χ2v) is 10.3. The number of amides is 1. The van der Waals surface area contributed by atoms with Gasteiger partial charge < -0.3 is 14.7 Å². The Morgan fingerprint density at radius 1 is 1.18 bits per heavy atom. The van der Waals surface area contributed by atoms with Crippen molar-refractivity contribution in [3.05, 3.63) is 86.9 Å². The third kappa shape index (κ3) is 4.23. The number of rotatable bonds is 5. The normalized spacial score (nSPS) is 17.9. The molecule has 0 radical (unpaired) electrons. The highest BCUT2D eigenvalue weighted by Gasteiger charge is 2.47. The first kappa shape index (κ1) is 23.7. The van der Waals surface area contributed by atoms with E-state index < -0.39 is 17.7 Å². The first-order chi connectivity index (χ1) is 16.1. The summed E-state index contributed by atoms with van der Waals surface area (Å²) in [5, 5.41) is 13.4. The van der Waals surface area contributed by atoms with Crippen LogP contribution in [0, 0.1) is 6.92 Å². The first-order valence-electron chi connectivity index (χ1n) is 11.0. The lowest BCUT2D eigenvalue weighted by molar-refractivity contribution is -0.140. The van der Waals surface area contributed by atoms with Crippen molar-refractivity contribution in [1.29, 1.82) is 0 Å². The fourth-order valence-corrected chi connectivity index (χ4v) is 5.29. The number of ether oxygens (including phenoxy) is 1. The Hall–Kier alpha value is -3.45. The van der Waals surface area contributed by atoms with Crippen LogP contribution in [0.15, 0.2) is 59.6 Å². The summed E-state index contributed by atoms with van der Waals surface area (Å²) in [6, 6.07) is 12.0. The number of carbonyl (C=O) groups excluding carboxylic acids is 2. The fourth-order valence-electron chi connectivity index (χ4n) is 4.24. The van der Waals surface area contributed by atoms with Crippen LogP contribution in [0.5, 0.6) is 5.75 Å². The molecule has 3 aromatic rings. The van der Waals surface area contributed by atoms with Gasteiger partial charge in [0.05, 0.1) is 24.9 Å². The molecule has 1 atom stereocenters. The molecule has 0 aliphatic carbocycles. The maximum atomic E-state index is 13.3. The van der Waals surface area contributed by atoms with Crippen LogP contribution in [0.25, 0.3) is 5.76 Å². The first-order valence-corrected chi connectivity index (χ1v) is 11.9. The van der Waals surface area contributed by atoms with Crippen LogP contribution < -0.4 is 4.74 Å². The van der Waals surface area contributed by atoms with Gasteiger partial charge in [-0.25, -0.2) is 0 Å². The summed E-state index contributed by atoms with van der Waals surface area (Å²) < 4.78 is 5.52. The van der Waals surface area contributed by atoms with E-state index in [1.807, 2.05) is 36.6 Å². The largest absolute Gasteiger partial charge is 0.507 e. The molecule has 1 amide bonds. The van der Waals surface area contributed by atoms with E-state index in [4.69, 9.17) is 4.74 Å². The number of methoxy groups -OCH3 is 1. The minimum absolute atomic E-state index is 0.0940. The zero-order valence-electron chi connectivity index (χ0n) is 20.0. The Kier molecular flexibility index (Phi) is 6.32. The van der Waals surface area contributed by atoms with E-state index in [9.17, 15) is 14.7 Å². The van der Waals surface area contributed by atoms with Crippen molar-refractivity contribution < 1.29 is 19.4 Å². The monoisotopic (exact) mass is 476 g/mol. The molecule has 1 unspecified atom stereocenters.